The summed E-state index contributed by atoms with van der Waals surface area (Å²) in [5.41, 5.74) is 0.475. The molecule has 0 radical (unpaired) electrons. The van der Waals surface area contributed by atoms with Crippen LogP contribution in [0.15, 0.2) is 0 Å². The fourth-order valence-corrected chi connectivity index (χ4v) is 3.11. The molecular weight excluding hydrogens is 144 g/mol. The molecule has 1 atom stereocenters. The SMILES string of the molecule is C1CNC2(CCSC2)CN1. The molecule has 0 bridgehead atoms. The van der Waals surface area contributed by atoms with E-state index in [0.29, 0.717) is 5.54 Å². The number of thioether (sulfide) groups is 1. The summed E-state index contributed by atoms with van der Waals surface area (Å²) in [6, 6.07) is 0. The van der Waals surface area contributed by atoms with Crippen molar-refractivity contribution in [2.75, 3.05) is 31.1 Å². The highest BCUT2D eigenvalue weighted by atomic mass is 32.2. The standard InChI is InChI=1S/C7H14N2S/c1-4-10-6-7(1)5-8-2-3-9-7/h8-9H,1-6H2. The molecule has 2 saturated heterocycles. The maximum atomic E-state index is 3.61. The predicted molar refractivity (Wildman–Crippen MR) is 45.5 cm³/mol. The largest absolute Gasteiger partial charge is 0.314 e. The van der Waals surface area contributed by atoms with Crippen molar-refractivity contribution in [1.82, 2.24) is 10.6 Å². The summed E-state index contributed by atoms with van der Waals surface area (Å²) in [5, 5.41) is 7.05. The molecule has 0 aliphatic carbocycles. The normalized spacial score (nSPS) is 40.8. The highest BCUT2D eigenvalue weighted by molar-refractivity contribution is 7.99. The fourth-order valence-electron chi connectivity index (χ4n) is 1.69. The fraction of sp³-hybridized carbons (Fsp3) is 1.00. The van der Waals surface area contributed by atoms with Crippen LogP contribution in [0.5, 0.6) is 0 Å². The zero-order chi connectivity index (χ0) is 6.86. The van der Waals surface area contributed by atoms with Crippen LogP contribution in [0, 0.1) is 0 Å². The molecule has 0 aromatic carbocycles. The third-order valence-electron chi connectivity index (χ3n) is 2.37. The van der Waals surface area contributed by atoms with Gasteiger partial charge < -0.3 is 10.6 Å². The minimum atomic E-state index is 0.475. The smallest absolute Gasteiger partial charge is 0.0405 e. The molecule has 2 rings (SSSR count). The van der Waals surface area contributed by atoms with Crippen molar-refractivity contribution in [1.29, 1.82) is 0 Å². The lowest BCUT2D eigenvalue weighted by Gasteiger charge is -2.34. The first kappa shape index (κ1) is 6.95. The zero-order valence-electron chi connectivity index (χ0n) is 6.15. The van der Waals surface area contributed by atoms with Crippen molar-refractivity contribution in [3.05, 3.63) is 0 Å². The van der Waals surface area contributed by atoms with Gasteiger partial charge in [-0.3, -0.25) is 0 Å². The second kappa shape index (κ2) is 2.72. The highest BCUT2D eigenvalue weighted by Gasteiger charge is 2.34. The van der Waals surface area contributed by atoms with Crippen LogP contribution in [0.3, 0.4) is 0 Å². The number of nitrogens with one attached hydrogen (secondary N) is 2. The third kappa shape index (κ3) is 1.18. The molecule has 10 heavy (non-hydrogen) atoms. The molecule has 0 aromatic rings. The molecule has 58 valence electrons. The van der Waals surface area contributed by atoms with Gasteiger partial charge in [0, 0.05) is 30.9 Å². The summed E-state index contributed by atoms with van der Waals surface area (Å²) in [7, 11) is 0. The summed E-state index contributed by atoms with van der Waals surface area (Å²) < 4.78 is 0. The molecule has 1 unspecified atom stereocenters. The Balaban J connectivity index is 1.98. The van der Waals surface area contributed by atoms with Gasteiger partial charge in [-0.05, 0) is 12.2 Å². The van der Waals surface area contributed by atoms with Crippen LogP contribution in [-0.2, 0) is 0 Å². The average Bonchev–Trinajstić information content (AvgIpc) is 2.39. The topological polar surface area (TPSA) is 24.1 Å². The summed E-state index contributed by atoms with van der Waals surface area (Å²) in [6.07, 6.45) is 1.35. The molecule has 2 N–H and O–H groups in total. The van der Waals surface area contributed by atoms with Crippen molar-refractivity contribution in [3.63, 3.8) is 0 Å². The molecule has 2 nitrogen and oxygen atoms in total. The van der Waals surface area contributed by atoms with Gasteiger partial charge in [-0.2, -0.15) is 11.8 Å². The molecule has 3 heteroatoms. The van der Waals surface area contributed by atoms with Gasteiger partial charge in [-0.15, -0.1) is 0 Å². The van der Waals surface area contributed by atoms with Crippen molar-refractivity contribution < 1.29 is 0 Å². The van der Waals surface area contributed by atoms with Crippen LogP contribution in [0.1, 0.15) is 6.42 Å². The Labute approximate surface area is 66.1 Å². The van der Waals surface area contributed by atoms with Gasteiger partial charge in [0.05, 0.1) is 0 Å². The van der Waals surface area contributed by atoms with Gasteiger partial charge in [-0.25, -0.2) is 0 Å². The van der Waals surface area contributed by atoms with Gasteiger partial charge in [0.25, 0.3) is 0 Å². The van der Waals surface area contributed by atoms with Crippen LogP contribution < -0.4 is 10.6 Å². The molecule has 1 spiro atoms. The quantitative estimate of drug-likeness (QED) is 0.521. The number of piperazine rings is 1. The van der Waals surface area contributed by atoms with Crippen LogP contribution >= 0.6 is 11.8 Å². The van der Waals surface area contributed by atoms with Gasteiger partial charge >= 0.3 is 0 Å². The first-order valence-electron chi connectivity index (χ1n) is 3.95. The second-order valence-electron chi connectivity index (χ2n) is 3.19. The molecule has 0 aromatic heterocycles. The number of rotatable bonds is 0. The Kier molecular flexibility index (Phi) is 1.89. The van der Waals surface area contributed by atoms with E-state index >= 15 is 0 Å². The lowest BCUT2D eigenvalue weighted by Crippen LogP contribution is -2.59. The first-order chi connectivity index (χ1) is 4.91. The monoisotopic (exact) mass is 158 g/mol. The summed E-state index contributed by atoms with van der Waals surface area (Å²) in [4.78, 5) is 0. The molecular formula is C7H14N2S. The van der Waals surface area contributed by atoms with Crippen molar-refractivity contribution in [3.8, 4) is 0 Å². The van der Waals surface area contributed by atoms with E-state index in [4.69, 9.17) is 0 Å². The van der Waals surface area contributed by atoms with E-state index in [9.17, 15) is 0 Å². The average molecular weight is 158 g/mol. The maximum Gasteiger partial charge on any atom is 0.0405 e. The van der Waals surface area contributed by atoms with Crippen LogP contribution in [-0.4, -0.2) is 36.7 Å². The van der Waals surface area contributed by atoms with Crippen LogP contribution in [0.2, 0.25) is 0 Å². The van der Waals surface area contributed by atoms with E-state index in [-0.39, 0.29) is 0 Å². The number of hydrogen-bond donors (Lipinski definition) is 2. The summed E-state index contributed by atoms with van der Waals surface area (Å²) in [6.45, 7) is 3.48. The van der Waals surface area contributed by atoms with E-state index in [2.05, 4.69) is 22.4 Å². The molecule has 0 saturated carbocycles. The summed E-state index contributed by atoms with van der Waals surface area (Å²) >= 11 is 2.08. The third-order valence-corrected chi connectivity index (χ3v) is 3.62. The van der Waals surface area contributed by atoms with Gasteiger partial charge in [-0.1, -0.05) is 0 Å². The molecule has 0 amide bonds. The Hall–Kier alpha value is 0.270. The van der Waals surface area contributed by atoms with E-state index in [0.717, 1.165) is 13.1 Å². The number of hydrogen-bond acceptors (Lipinski definition) is 3. The van der Waals surface area contributed by atoms with Crippen molar-refractivity contribution >= 4 is 11.8 Å². The van der Waals surface area contributed by atoms with Gasteiger partial charge in [0.2, 0.25) is 0 Å². The van der Waals surface area contributed by atoms with Gasteiger partial charge in [0.15, 0.2) is 0 Å². The minimum Gasteiger partial charge on any atom is -0.314 e. The molecule has 2 aliphatic rings. The Bertz CT molecular complexity index is 113. The van der Waals surface area contributed by atoms with Crippen LogP contribution in [0.4, 0.5) is 0 Å². The van der Waals surface area contributed by atoms with Gasteiger partial charge in [0.1, 0.15) is 0 Å². The molecule has 2 aliphatic heterocycles. The van der Waals surface area contributed by atoms with Crippen LogP contribution in [0.25, 0.3) is 0 Å². The molecule has 2 fully saturated rings. The Morgan fingerprint density at radius 3 is 2.90 bits per heavy atom. The second-order valence-corrected chi connectivity index (χ2v) is 4.29. The predicted octanol–water partition coefficient (Wildman–Crippen LogP) is 0.0549. The maximum absolute atomic E-state index is 3.61. The van der Waals surface area contributed by atoms with E-state index in [1.54, 1.807) is 0 Å². The van der Waals surface area contributed by atoms with E-state index in [1.165, 1.54) is 24.5 Å². The Morgan fingerprint density at radius 1 is 1.30 bits per heavy atom. The lowest BCUT2D eigenvalue weighted by molar-refractivity contribution is 0.304. The van der Waals surface area contributed by atoms with Crippen molar-refractivity contribution in [2.45, 2.75) is 12.0 Å². The zero-order valence-corrected chi connectivity index (χ0v) is 6.97. The minimum absolute atomic E-state index is 0.475. The first-order valence-corrected chi connectivity index (χ1v) is 5.10. The van der Waals surface area contributed by atoms with Crippen molar-refractivity contribution in [2.24, 2.45) is 0 Å². The van der Waals surface area contributed by atoms with E-state index in [1.807, 2.05) is 0 Å². The highest BCUT2D eigenvalue weighted by Crippen LogP contribution is 2.27. The van der Waals surface area contributed by atoms with E-state index < -0.39 is 0 Å². The Morgan fingerprint density at radius 2 is 2.30 bits per heavy atom. The lowest BCUT2D eigenvalue weighted by atomic mass is 9.97. The molecule has 2 heterocycles. The summed E-state index contributed by atoms with van der Waals surface area (Å²) in [5.74, 6) is 2.65.